The Kier molecular flexibility index (Phi) is 3.61. The monoisotopic (exact) mass is 257 g/mol. The summed E-state index contributed by atoms with van der Waals surface area (Å²) >= 11 is 5.74. The van der Waals surface area contributed by atoms with Gasteiger partial charge >= 0.3 is 0 Å². The van der Waals surface area contributed by atoms with Crippen LogP contribution in [0.25, 0.3) is 6.08 Å². The maximum absolute atomic E-state index is 12.0. The van der Waals surface area contributed by atoms with E-state index in [1.54, 1.807) is 36.4 Å². The van der Waals surface area contributed by atoms with Crippen molar-refractivity contribution in [1.82, 2.24) is 0 Å². The van der Waals surface area contributed by atoms with Crippen molar-refractivity contribution in [2.75, 3.05) is 0 Å². The first-order valence-corrected chi connectivity index (χ1v) is 5.54. The number of carbonyl (C=O) groups is 1. The van der Waals surface area contributed by atoms with E-state index < -0.39 is 0 Å². The molecule has 0 N–H and O–H groups in total. The van der Waals surface area contributed by atoms with Crippen LogP contribution in [0.15, 0.2) is 52.7 Å². The van der Waals surface area contributed by atoms with Crippen LogP contribution >= 0.6 is 11.6 Å². The lowest BCUT2D eigenvalue weighted by Gasteiger charge is -1.98. The van der Waals surface area contributed by atoms with E-state index in [1.807, 2.05) is 6.07 Å². The first-order chi connectivity index (χ1) is 8.70. The molecule has 0 unspecified atom stereocenters. The summed E-state index contributed by atoms with van der Waals surface area (Å²) < 4.78 is 5.07. The summed E-state index contributed by atoms with van der Waals surface area (Å²) in [5.41, 5.74) is 0.436. The van der Waals surface area contributed by atoms with Crippen LogP contribution in [0.1, 0.15) is 16.1 Å². The molecule has 0 aliphatic heterocycles. The molecule has 3 nitrogen and oxygen atoms in total. The molecular formula is C14H8ClNO2. The van der Waals surface area contributed by atoms with Crippen molar-refractivity contribution in [3.63, 3.8) is 0 Å². The molecule has 88 valence electrons. The van der Waals surface area contributed by atoms with Crippen LogP contribution in [0, 0.1) is 11.3 Å². The van der Waals surface area contributed by atoms with Crippen LogP contribution in [-0.4, -0.2) is 5.78 Å². The number of furan rings is 1. The molecule has 0 amide bonds. The topological polar surface area (TPSA) is 54.0 Å². The average Bonchev–Trinajstić information content (AvgIpc) is 2.89. The minimum absolute atomic E-state index is 0.0206. The van der Waals surface area contributed by atoms with Gasteiger partial charge in [0.25, 0.3) is 0 Å². The molecule has 2 aromatic rings. The van der Waals surface area contributed by atoms with Crippen LogP contribution in [0.5, 0.6) is 0 Å². The molecule has 4 heteroatoms. The van der Waals surface area contributed by atoms with Crippen molar-refractivity contribution in [3.05, 3.63) is 64.6 Å². The van der Waals surface area contributed by atoms with E-state index in [-0.39, 0.29) is 11.4 Å². The lowest BCUT2D eigenvalue weighted by molar-refractivity contribution is 0.104. The first kappa shape index (κ1) is 12.2. The third-order valence-corrected chi connectivity index (χ3v) is 2.55. The number of halogens is 1. The van der Waals surface area contributed by atoms with Crippen molar-refractivity contribution in [1.29, 1.82) is 5.26 Å². The maximum Gasteiger partial charge on any atom is 0.203 e. The van der Waals surface area contributed by atoms with E-state index in [0.717, 1.165) is 0 Å². The fourth-order valence-corrected chi connectivity index (χ4v) is 1.55. The molecule has 0 atom stereocenters. The van der Waals surface area contributed by atoms with Gasteiger partial charge in [0.1, 0.15) is 17.4 Å². The zero-order valence-electron chi connectivity index (χ0n) is 9.26. The minimum atomic E-state index is -0.356. The zero-order chi connectivity index (χ0) is 13.0. The smallest absolute Gasteiger partial charge is 0.203 e. The summed E-state index contributed by atoms with van der Waals surface area (Å²) in [6.07, 6.45) is 2.89. The summed E-state index contributed by atoms with van der Waals surface area (Å²) in [7, 11) is 0. The third-order valence-electron chi connectivity index (χ3n) is 2.30. The van der Waals surface area contributed by atoms with E-state index in [9.17, 15) is 4.79 Å². The molecule has 0 spiro atoms. The molecule has 1 aromatic carbocycles. The molecule has 0 saturated heterocycles. The highest BCUT2D eigenvalue weighted by atomic mass is 35.5. The molecular weight excluding hydrogens is 250 g/mol. The maximum atomic E-state index is 12.0. The van der Waals surface area contributed by atoms with Crippen molar-refractivity contribution in [2.45, 2.75) is 0 Å². The summed E-state index contributed by atoms with van der Waals surface area (Å²) in [5, 5.41) is 9.55. The van der Waals surface area contributed by atoms with Crippen LogP contribution in [-0.2, 0) is 0 Å². The zero-order valence-corrected chi connectivity index (χ0v) is 10.0. The number of allylic oxidation sites excluding steroid dienone is 1. The molecule has 0 fully saturated rings. The Labute approximate surface area is 109 Å². The van der Waals surface area contributed by atoms with Gasteiger partial charge in [0.05, 0.1) is 6.26 Å². The van der Waals surface area contributed by atoms with Crippen molar-refractivity contribution >= 4 is 23.5 Å². The number of nitrogens with zero attached hydrogens (tertiary/aromatic N) is 1. The fraction of sp³-hybridized carbons (Fsp3) is 0. The summed E-state index contributed by atoms with van der Waals surface area (Å²) in [6.45, 7) is 0. The number of carbonyl (C=O) groups excluding carboxylic acids is 1. The molecule has 0 saturated carbocycles. The number of nitriles is 1. The summed E-state index contributed by atoms with van der Waals surface area (Å²) in [6, 6.07) is 11.6. The second-order valence-corrected chi connectivity index (χ2v) is 3.96. The van der Waals surface area contributed by atoms with E-state index >= 15 is 0 Å². The molecule has 0 aliphatic carbocycles. The molecule has 1 heterocycles. The fourth-order valence-electron chi connectivity index (χ4n) is 1.42. The van der Waals surface area contributed by atoms with Crippen molar-refractivity contribution in [3.8, 4) is 6.07 Å². The minimum Gasteiger partial charge on any atom is -0.465 e. The van der Waals surface area contributed by atoms with Gasteiger partial charge in [-0.25, -0.2) is 0 Å². The summed E-state index contributed by atoms with van der Waals surface area (Å²) in [4.78, 5) is 12.0. The number of hydrogen-bond acceptors (Lipinski definition) is 3. The quantitative estimate of drug-likeness (QED) is 0.478. The van der Waals surface area contributed by atoms with Gasteiger partial charge in [0.2, 0.25) is 5.78 Å². The Balaban J connectivity index is 2.32. The third kappa shape index (κ3) is 2.68. The molecule has 0 radical (unpaired) electrons. The molecule has 1 aromatic heterocycles. The second kappa shape index (κ2) is 5.35. The summed E-state index contributed by atoms with van der Waals surface area (Å²) in [5.74, 6) is 0.111. The SMILES string of the molecule is N#CC(=Cc1ccco1)C(=O)c1ccc(Cl)cc1. The predicted molar refractivity (Wildman–Crippen MR) is 68.1 cm³/mol. The van der Waals surface area contributed by atoms with Crippen LogP contribution in [0.2, 0.25) is 5.02 Å². The number of ketones is 1. The molecule has 18 heavy (non-hydrogen) atoms. The van der Waals surface area contributed by atoms with E-state index in [4.69, 9.17) is 21.3 Å². The Morgan fingerprint density at radius 3 is 2.56 bits per heavy atom. The van der Waals surface area contributed by atoms with Gasteiger partial charge in [-0.15, -0.1) is 0 Å². The average molecular weight is 258 g/mol. The van der Waals surface area contributed by atoms with E-state index in [0.29, 0.717) is 16.3 Å². The van der Waals surface area contributed by atoms with Crippen molar-refractivity contribution in [2.24, 2.45) is 0 Å². The van der Waals surface area contributed by atoms with Gasteiger partial charge in [0, 0.05) is 16.7 Å². The Hall–Kier alpha value is -2.31. The lowest BCUT2D eigenvalue weighted by atomic mass is 10.0. The lowest BCUT2D eigenvalue weighted by Crippen LogP contribution is -2.01. The normalized spacial score (nSPS) is 11.0. The van der Waals surface area contributed by atoms with Crippen LogP contribution in [0.3, 0.4) is 0 Å². The van der Waals surface area contributed by atoms with Crippen molar-refractivity contribution < 1.29 is 9.21 Å². The number of benzene rings is 1. The Bertz CT molecular complexity index is 619. The largest absolute Gasteiger partial charge is 0.465 e. The van der Waals surface area contributed by atoms with Crippen LogP contribution in [0.4, 0.5) is 0 Å². The van der Waals surface area contributed by atoms with Gasteiger partial charge in [-0.3, -0.25) is 4.79 Å². The van der Waals surface area contributed by atoms with E-state index in [2.05, 4.69) is 0 Å². The number of Topliss-reactive ketones (excluding diaryl/α,β-unsaturated/α-hetero) is 1. The van der Waals surface area contributed by atoms with Gasteiger partial charge < -0.3 is 4.42 Å². The predicted octanol–water partition coefficient (Wildman–Crippen LogP) is 3.72. The van der Waals surface area contributed by atoms with Crippen LogP contribution < -0.4 is 0 Å². The van der Waals surface area contributed by atoms with Gasteiger partial charge in [0.15, 0.2) is 0 Å². The number of rotatable bonds is 3. The molecule has 0 bridgehead atoms. The number of hydrogen-bond donors (Lipinski definition) is 0. The van der Waals surface area contributed by atoms with Gasteiger partial charge in [-0.2, -0.15) is 5.26 Å². The highest BCUT2D eigenvalue weighted by Crippen LogP contribution is 2.15. The highest BCUT2D eigenvalue weighted by molar-refractivity contribution is 6.30. The molecule has 0 aliphatic rings. The second-order valence-electron chi connectivity index (χ2n) is 3.52. The standard InChI is InChI=1S/C14H8ClNO2/c15-12-5-3-10(4-6-12)14(17)11(9-16)8-13-2-1-7-18-13/h1-8H. The molecule has 2 rings (SSSR count). The van der Waals surface area contributed by atoms with Gasteiger partial charge in [-0.05, 0) is 36.4 Å². The Morgan fingerprint density at radius 2 is 2.00 bits per heavy atom. The van der Waals surface area contributed by atoms with E-state index in [1.165, 1.54) is 12.3 Å². The Morgan fingerprint density at radius 1 is 1.28 bits per heavy atom. The highest BCUT2D eigenvalue weighted by Gasteiger charge is 2.12. The van der Waals surface area contributed by atoms with Gasteiger partial charge in [-0.1, -0.05) is 11.6 Å². The first-order valence-electron chi connectivity index (χ1n) is 5.16.